The summed E-state index contributed by atoms with van der Waals surface area (Å²) in [6, 6.07) is -0.794. The molecule has 0 bridgehead atoms. The van der Waals surface area contributed by atoms with Crippen molar-refractivity contribution in [3.8, 4) is 0 Å². The lowest BCUT2D eigenvalue weighted by Crippen LogP contribution is -2.53. The van der Waals surface area contributed by atoms with Crippen molar-refractivity contribution in [3.05, 3.63) is 0 Å². The Morgan fingerprint density at radius 3 is 2.56 bits per heavy atom. The molecule has 5 heteroatoms. The lowest BCUT2D eigenvalue weighted by Gasteiger charge is -2.30. The summed E-state index contributed by atoms with van der Waals surface area (Å²) >= 11 is 0. The van der Waals surface area contributed by atoms with Crippen LogP contribution in [0, 0.1) is 5.92 Å². The quantitative estimate of drug-likeness (QED) is 0.564. The van der Waals surface area contributed by atoms with Crippen LogP contribution in [0.3, 0.4) is 0 Å². The number of nitrogens with two attached hydrogens (primary N) is 1. The van der Waals surface area contributed by atoms with Crippen molar-refractivity contribution < 1.29 is 15.0 Å². The maximum Gasteiger partial charge on any atom is 0.250 e. The van der Waals surface area contributed by atoms with E-state index in [0.29, 0.717) is 18.8 Å². The Morgan fingerprint density at radius 2 is 2.00 bits per heavy atom. The van der Waals surface area contributed by atoms with Crippen LogP contribution < -0.4 is 11.1 Å². The molecule has 5 nitrogen and oxygen atoms in total. The van der Waals surface area contributed by atoms with E-state index < -0.39 is 24.2 Å². The fourth-order valence-electron chi connectivity index (χ4n) is 2.42. The van der Waals surface area contributed by atoms with Crippen LogP contribution in [0.15, 0.2) is 0 Å². The van der Waals surface area contributed by atoms with Crippen LogP contribution in [0.1, 0.15) is 46.0 Å². The van der Waals surface area contributed by atoms with Gasteiger partial charge < -0.3 is 21.3 Å². The van der Waals surface area contributed by atoms with Gasteiger partial charge in [-0.2, -0.15) is 0 Å². The highest BCUT2D eigenvalue weighted by molar-refractivity contribution is 5.81. The molecule has 0 spiro atoms. The Morgan fingerprint density at radius 1 is 1.39 bits per heavy atom. The predicted octanol–water partition coefficient (Wildman–Crippen LogP) is 0.140. The number of aliphatic hydroxyl groups excluding tert-OH is 2. The van der Waals surface area contributed by atoms with Crippen molar-refractivity contribution >= 4 is 5.91 Å². The topological polar surface area (TPSA) is 95.6 Å². The summed E-state index contributed by atoms with van der Waals surface area (Å²) in [4.78, 5) is 11.8. The summed E-state index contributed by atoms with van der Waals surface area (Å²) in [6.45, 7) is 3.99. The first-order chi connectivity index (χ1) is 8.41. The molecule has 18 heavy (non-hydrogen) atoms. The number of amides is 1. The van der Waals surface area contributed by atoms with Crippen LogP contribution in [0.25, 0.3) is 0 Å². The van der Waals surface area contributed by atoms with E-state index in [0.717, 1.165) is 19.3 Å². The lowest BCUT2D eigenvalue weighted by molar-refractivity contribution is -0.132. The Kier molecular flexibility index (Phi) is 6.05. The van der Waals surface area contributed by atoms with Gasteiger partial charge in [0, 0.05) is 6.04 Å². The third-order valence-electron chi connectivity index (χ3n) is 3.47. The second kappa shape index (κ2) is 7.07. The van der Waals surface area contributed by atoms with Gasteiger partial charge in [0.2, 0.25) is 0 Å². The van der Waals surface area contributed by atoms with Gasteiger partial charge in [-0.05, 0) is 25.2 Å². The second-order valence-electron chi connectivity index (χ2n) is 5.71. The molecule has 0 saturated heterocycles. The molecule has 3 unspecified atom stereocenters. The number of nitrogens with one attached hydrogen (secondary N) is 1. The first-order valence-electron chi connectivity index (χ1n) is 6.84. The molecule has 0 aromatic carbocycles. The molecule has 1 aliphatic carbocycles. The summed E-state index contributed by atoms with van der Waals surface area (Å²) in [6.07, 6.45) is 2.36. The van der Waals surface area contributed by atoms with Gasteiger partial charge in [-0.1, -0.05) is 26.7 Å². The van der Waals surface area contributed by atoms with Crippen molar-refractivity contribution in [2.75, 3.05) is 0 Å². The van der Waals surface area contributed by atoms with Gasteiger partial charge in [0.15, 0.2) is 0 Å². The number of hydrogen-bond acceptors (Lipinski definition) is 4. The monoisotopic (exact) mass is 258 g/mol. The van der Waals surface area contributed by atoms with Crippen LogP contribution in [-0.2, 0) is 4.79 Å². The fourth-order valence-corrected chi connectivity index (χ4v) is 2.42. The van der Waals surface area contributed by atoms with Crippen LogP contribution in [0.5, 0.6) is 0 Å². The maximum absolute atomic E-state index is 11.8. The van der Waals surface area contributed by atoms with E-state index >= 15 is 0 Å². The Bertz CT molecular complexity index is 271. The van der Waals surface area contributed by atoms with Gasteiger partial charge in [0.05, 0.1) is 12.1 Å². The summed E-state index contributed by atoms with van der Waals surface area (Å²) < 4.78 is 0. The number of carbonyl (C=O) groups excluding carboxylic acids is 1. The summed E-state index contributed by atoms with van der Waals surface area (Å²) in [5.41, 5.74) is 5.79. The maximum atomic E-state index is 11.8. The highest BCUT2D eigenvalue weighted by Gasteiger charge is 2.29. The zero-order valence-electron chi connectivity index (χ0n) is 11.3. The average molecular weight is 258 g/mol. The molecule has 0 aromatic rings. The van der Waals surface area contributed by atoms with Crippen LogP contribution in [-0.4, -0.2) is 40.4 Å². The van der Waals surface area contributed by atoms with Crippen molar-refractivity contribution in [1.82, 2.24) is 5.32 Å². The van der Waals surface area contributed by atoms with Gasteiger partial charge >= 0.3 is 0 Å². The SMILES string of the molecule is CC(C)C[C@H](N)C(O)C(=O)NC1CCCCC1O. The minimum absolute atomic E-state index is 0.243. The molecule has 1 saturated carbocycles. The van der Waals surface area contributed by atoms with Crippen LogP contribution in [0.2, 0.25) is 0 Å². The van der Waals surface area contributed by atoms with E-state index in [-0.39, 0.29) is 6.04 Å². The van der Waals surface area contributed by atoms with E-state index in [2.05, 4.69) is 5.32 Å². The molecule has 0 radical (unpaired) electrons. The minimum Gasteiger partial charge on any atom is -0.391 e. The smallest absolute Gasteiger partial charge is 0.250 e. The molecule has 4 atom stereocenters. The second-order valence-corrected chi connectivity index (χ2v) is 5.71. The third-order valence-corrected chi connectivity index (χ3v) is 3.47. The van der Waals surface area contributed by atoms with Gasteiger partial charge in [0.25, 0.3) is 5.91 Å². The summed E-state index contributed by atoms with van der Waals surface area (Å²) in [5.74, 6) is -0.128. The first kappa shape index (κ1) is 15.4. The molecule has 5 N–H and O–H groups in total. The Labute approximate surface area is 109 Å². The van der Waals surface area contributed by atoms with Crippen LogP contribution in [0.4, 0.5) is 0 Å². The van der Waals surface area contributed by atoms with E-state index in [9.17, 15) is 15.0 Å². The minimum atomic E-state index is -1.19. The standard InChI is InChI=1S/C13H26N2O3/c1-8(2)7-9(14)12(17)13(18)15-10-5-3-4-6-11(10)16/h8-12,16-17H,3-7,14H2,1-2H3,(H,15,18)/t9-,10?,11?,12?/m0/s1. The van der Waals surface area contributed by atoms with Gasteiger partial charge in [-0.3, -0.25) is 4.79 Å². The van der Waals surface area contributed by atoms with Gasteiger partial charge in [-0.25, -0.2) is 0 Å². The molecule has 1 fully saturated rings. The first-order valence-corrected chi connectivity index (χ1v) is 6.84. The van der Waals surface area contributed by atoms with E-state index in [1.54, 1.807) is 0 Å². The van der Waals surface area contributed by atoms with Crippen molar-refractivity contribution in [1.29, 1.82) is 0 Å². The molecule has 0 aromatic heterocycles. The Hall–Kier alpha value is -0.650. The molecule has 106 valence electrons. The van der Waals surface area contributed by atoms with E-state index in [1.807, 2.05) is 13.8 Å². The number of carbonyl (C=O) groups is 1. The van der Waals surface area contributed by atoms with Gasteiger partial charge in [-0.15, -0.1) is 0 Å². The Balaban J connectivity index is 2.43. The van der Waals surface area contributed by atoms with Gasteiger partial charge in [0.1, 0.15) is 6.10 Å². The zero-order chi connectivity index (χ0) is 13.7. The normalized spacial score (nSPS) is 27.9. The van der Waals surface area contributed by atoms with Crippen molar-refractivity contribution in [2.24, 2.45) is 11.7 Å². The van der Waals surface area contributed by atoms with E-state index in [4.69, 9.17) is 5.73 Å². The molecule has 1 rings (SSSR count). The largest absolute Gasteiger partial charge is 0.391 e. The number of rotatable bonds is 5. The summed E-state index contributed by atoms with van der Waals surface area (Å²) in [7, 11) is 0. The van der Waals surface area contributed by atoms with E-state index in [1.165, 1.54) is 0 Å². The number of hydrogen-bond donors (Lipinski definition) is 4. The average Bonchev–Trinajstić information content (AvgIpc) is 2.30. The molecule has 1 amide bonds. The fraction of sp³-hybridized carbons (Fsp3) is 0.923. The number of aliphatic hydroxyl groups is 2. The summed E-state index contributed by atoms with van der Waals surface area (Å²) in [5, 5.41) is 22.3. The van der Waals surface area contributed by atoms with Crippen molar-refractivity contribution in [3.63, 3.8) is 0 Å². The molecule has 0 heterocycles. The third kappa shape index (κ3) is 4.55. The molecular weight excluding hydrogens is 232 g/mol. The zero-order valence-corrected chi connectivity index (χ0v) is 11.3. The molecule has 0 aliphatic heterocycles. The lowest BCUT2D eigenvalue weighted by atomic mass is 9.92. The molecular formula is C13H26N2O3. The highest BCUT2D eigenvalue weighted by atomic mass is 16.3. The molecule has 1 aliphatic rings. The predicted molar refractivity (Wildman–Crippen MR) is 69.8 cm³/mol. The van der Waals surface area contributed by atoms with Crippen LogP contribution >= 0.6 is 0 Å². The van der Waals surface area contributed by atoms with Crippen molar-refractivity contribution in [2.45, 2.75) is 70.2 Å². The highest BCUT2D eigenvalue weighted by Crippen LogP contribution is 2.18.